The van der Waals surface area contributed by atoms with Crippen LogP contribution in [0.5, 0.6) is 0 Å². The molecule has 0 bridgehead atoms. The SMILES string of the molecule is O=P(N=C1CCCCc2ccccc21)(c1ccccc1)c1ccccc1. The van der Waals surface area contributed by atoms with Crippen LogP contribution in [0.4, 0.5) is 0 Å². The maximum atomic E-state index is 14.2. The molecule has 0 atom stereocenters. The van der Waals surface area contributed by atoms with Gasteiger partial charge in [-0.05, 0) is 61.1 Å². The molecule has 1 aliphatic carbocycles. The molecule has 0 fully saturated rings. The van der Waals surface area contributed by atoms with Crippen LogP contribution >= 0.6 is 7.29 Å². The van der Waals surface area contributed by atoms with Crippen LogP contribution in [-0.2, 0) is 11.0 Å². The predicted octanol–water partition coefficient (Wildman–Crippen LogP) is 5.13. The zero-order valence-electron chi connectivity index (χ0n) is 14.7. The zero-order valence-corrected chi connectivity index (χ0v) is 15.6. The van der Waals surface area contributed by atoms with Gasteiger partial charge in [-0.2, -0.15) is 0 Å². The number of hydrogen-bond donors (Lipinski definition) is 0. The van der Waals surface area contributed by atoms with Crippen molar-refractivity contribution in [1.29, 1.82) is 0 Å². The Morgan fingerprint density at radius 2 is 1.19 bits per heavy atom. The first-order valence-corrected chi connectivity index (χ1v) is 10.8. The van der Waals surface area contributed by atoms with Crippen LogP contribution in [0.15, 0.2) is 89.7 Å². The average Bonchev–Trinajstić information content (AvgIpc) is 2.92. The molecule has 0 aliphatic heterocycles. The van der Waals surface area contributed by atoms with E-state index >= 15 is 0 Å². The van der Waals surface area contributed by atoms with Gasteiger partial charge in [0.15, 0.2) is 0 Å². The van der Waals surface area contributed by atoms with Gasteiger partial charge in [0.2, 0.25) is 7.29 Å². The van der Waals surface area contributed by atoms with Crippen molar-refractivity contribution in [2.45, 2.75) is 25.7 Å². The Morgan fingerprint density at radius 1 is 0.654 bits per heavy atom. The van der Waals surface area contributed by atoms with Crippen LogP contribution in [0.2, 0.25) is 0 Å². The van der Waals surface area contributed by atoms with Crippen LogP contribution in [0.1, 0.15) is 30.4 Å². The molecule has 0 unspecified atom stereocenters. The first kappa shape index (κ1) is 17.0. The summed E-state index contributed by atoms with van der Waals surface area (Å²) in [6.45, 7) is 0. The van der Waals surface area contributed by atoms with Crippen molar-refractivity contribution < 1.29 is 4.57 Å². The molecule has 26 heavy (non-hydrogen) atoms. The Bertz CT molecular complexity index is 920. The highest BCUT2D eigenvalue weighted by molar-refractivity contribution is 7.77. The lowest BCUT2D eigenvalue weighted by Gasteiger charge is -2.17. The third-order valence-electron chi connectivity index (χ3n) is 4.91. The quantitative estimate of drug-likeness (QED) is 0.471. The standard InChI is InChI=1S/C23H22NOP/c25-26(20-13-3-1-4-14-20,21-15-5-2-6-16-21)24-23-18-10-8-12-19-11-7-9-17-22(19)23/h1-7,9,11,13-17H,8,10,12,18H2. The Labute approximate surface area is 155 Å². The van der Waals surface area contributed by atoms with Crippen LogP contribution in [0.25, 0.3) is 0 Å². The lowest BCUT2D eigenvalue weighted by atomic mass is 10.0. The molecule has 4 rings (SSSR count). The summed E-state index contributed by atoms with van der Waals surface area (Å²) in [5, 5.41) is 1.58. The van der Waals surface area contributed by atoms with Crippen molar-refractivity contribution in [2.24, 2.45) is 4.76 Å². The molecule has 0 spiro atoms. The molecule has 2 nitrogen and oxygen atoms in total. The minimum atomic E-state index is -3.08. The van der Waals surface area contributed by atoms with E-state index < -0.39 is 7.29 Å². The highest BCUT2D eigenvalue weighted by atomic mass is 31.2. The Kier molecular flexibility index (Phi) is 4.86. The molecule has 130 valence electrons. The van der Waals surface area contributed by atoms with Crippen molar-refractivity contribution in [3.63, 3.8) is 0 Å². The number of benzene rings is 3. The summed E-state index contributed by atoms with van der Waals surface area (Å²) in [6.07, 6.45) is 4.17. The second kappa shape index (κ2) is 7.43. The van der Waals surface area contributed by atoms with Crippen molar-refractivity contribution >= 4 is 23.6 Å². The number of nitrogens with zero attached hydrogens (tertiary/aromatic N) is 1. The molecular weight excluding hydrogens is 337 g/mol. The Hall–Kier alpha value is -2.44. The fraction of sp³-hybridized carbons (Fsp3) is 0.174. The lowest BCUT2D eigenvalue weighted by Crippen LogP contribution is -2.16. The topological polar surface area (TPSA) is 29.4 Å². The van der Waals surface area contributed by atoms with Gasteiger partial charge in [-0.1, -0.05) is 60.7 Å². The summed E-state index contributed by atoms with van der Waals surface area (Å²) >= 11 is 0. The van der Waals surface area contributed by atoms with Gasteiger partial charge in [-0.25, -0.2) is 4.76 Å². The van der Waals surface area contributed by atoms with Crippen molar-refractivity contribution in [1.82, 2.24) is 0 Å². The molecule has 3 aromatic rings. The van der Waals surface area contributed by atoms with E-state index in [1.54, 1.807) is 0 Å². The minimum Gasteiger partial charge on any atom is -0.288 e. The van der Waals surface area contributed by atoms with Crippen LogP contribution < -0.4 is 10.6 Å². The normalized spacial score (nSPS) is 16.1. The largest absolute Gasteiger partial charge is 0.288 e. The van der Waals surface area contributed by atoms with Crippen LogP contribution in [-0.4, -0.2) is 5.71 Å². The summed E-state index contributed by atoms with van der Waals surface area (Å²) in [5.74, 6) is 0. The monoisotopic (exact) mass is 359 g/mol. The van der Waals surface area contributed by atoms with Gasteiger partial charge in [0.1, 0.15) is 0 Å². The maximum Gasteiger partial charge on any atom is 0.247 e. The van der Waals surface area contributed by atoms with Crippen molar-refractivity contribution in [2.75, 3.05) is 0 Å². The van der Waals surface area contributed by atoms with Gasteiger partial charge in [0.25, 0.3) is 0 Å². The van der Waals surface area contributed by atoms with Crippen molar-refractivity contribution in [3.8, 4) is 0 Å². The van der Waals surface area contributed by atoms with E-state index in [0.29, 0.717) is 0 Å². The number of aryl methyl sites for hydroxylation is 1. The van der Waals surface area contributed by atoms with E-state index in [9.17, 15) is 4.57 Å². The second-order valence-corrected chi connectivity index (χ2v) is 9.04. The van der Waals surface area contributed by atoms with E-state index in [1.165, 1.54) is 5.56 Å². The van der Waals surface area contributed by atoms with E-state index in [4.69, 9.17) is 4.76 Å². The highest BCUT2D eigenvalue weighted by Crippen LogP contribution is 2.46. The molecule has 1 aliphatic rings. The summed E-state index contributed by atoms with van der Waals surface area (Å²) in [6, 6.07) is 27.8. The summed E-state index contributed by atoms with van der Waals surface area (Å²) in [4.78, 5) is 0. The predicted molar refractivity (Wildman–Crippen MR) is 110 cm³/mol. The zero-order chi connectivity index (χ0) is 17.8. The molecule has 0 aromatic heterocycles. The number of rotatable bonds is 3. The van der Waals surface area contributed by atoms with Crippen molar-refractivity contribution in [3.05, 3.63) is 96.1 Å². The first-order valence-electron chi connectivity index (χ1n) is 9.16. The molecule has 0 saturated heterocycles. The van der Waals surface area contributed by atoms with Gasteiger partial charge in [-0.15, -0.1) is 0 Å². The molecule has 3 heteroatoms. The first-order chi connectivity index (χ1) is 12.8. The van der Waals surface area contributed by atoms with Crippen LogP contribution in [0, 0.1) is 0 Å². The average molecular weight is 359 g/mol. The Balaban J connectivity index is 1.92. The smallest absolute Gasteiger partial charge is 0.247 e. The number of hydrogen-bond acceptors (Lipinski definition) is 1. The van der Waals surface area contributed by atoms with Gasteiger partial charge >= 0.3 is 0 Å². The fourth-order valence-electron chi connectivity index (χ4n) is 3.56. The maximum absolute atomic E-state index is 14.2. The third kappa shape index (κ3) is 3.30. The molecular formula is C23H22NOP. The molecule has 0 N–H and O–H groups in total. The van der Waals surface area contributed by atoms with Gasteiger partial charge < -0.3 is 0 Å². The fourth-order valence-corrected chi connectivity index (χ4v) is 5.79. The molecule has 0 heterocycles. The molecule has 0 amide bonds. The molecule has 0 saturated carbocycles. The summed E-state index contributed by atoms with van der Waals surface area (Å²) in [5.41, 5.74) is 3.46. The molecule has 0 radical (unpaired) electrons. The second-order valence-electron chi connectivity index (χ2n) is 6.66. The molecule has 3 aromatic carbocycles. The summed E-state index contributed by atoms with van der Waals surface area (Å²) in [7, 11) is -3.08. The third-order valence-corrected chi connectivity index (χ3v) is 7.43. The number of fused-ring (bicyclic) bond motifs is 1. The van der Waals surface area contributed by atoms with E-state index in [-0.39, 0.29) is 0 Å². The highest BCUT2D eigenvalue weighted by Gasteiger charge is 2.28. The van der Waals surface area contributed by atoms with Crippen LogP contribution in [0.3, 0.4) is 0 Å². The van der Waals surface area contributed by atoms with Gasteiger partial charge in [-0.3, -0.25) is 4.57 Å². The Morgan fingerprint density at radius 3 is 1.85 bits per heavy atom. The summed E-state index contributed by atoms with van der Waals surface area (Å²) < 4.78 is 19.2. The van der Waals surface area contributed by atoms with Gasteiger partial charge in [0, 0.05) is 10.6 Å². The van der Waals surface area contributed by atoms with Gasteiger partial charge in [0.05, 0.1) is 5.71 Å². The van der Waals surface area contributed by atoms with E-state index in [1.807, 2.05) is 60.7 Å². The minimum absolute atomic E-state index is 0.792. The van der Waals surface area contributed by atoms with E-state index in [0.717, 1.165) is 47.6 Å². The van der Waals surface area contributed by atoms with E-state index in [2.05, 4.69) is 24.3 Å². The lowest BCUT2D eigenvalue weighted by molar-refractivity contribution is 0.588.